The number of carbonyl (C=O) groups is 4. The van der Waals surface area contributed by atoms with Crippen molar-refractivity contribution in [2.24, 2.45) is 0 Å². The summed E-state index contributed by atoms with van der Waals surface area (Å²) in [5.74, 6) is -1.42. The summed E-state index contributed by atoms with van der Waals surface area (Å²) >= 11 is 1.25. The molecule has 1 atom stereocenters. The van der Waals surface area contributed by atoms with Crippen LogP contribution < -0.4 is 10.6 Å². The van der Waals surface area contributed by atoms with Gasteiger partial charge in [0.15, 0.2) is 0 Å². The van der Waals surface area contributed by atoms with Gasteiger partial charge >= 0.3 is 6.09 Å². The third-order valence-corrected chi connectivity index (χ3v) is 6.74. The number of fused-ring (bicyclic) bond motifs is 2. The molecule has 174 valence electrons. The van der Waals surface area contributed by atoms with Crippen molar-refractivity contribution in [1.82, 2.24) is 20.5 Å². The van der Waals surface area contributed by atoms with Crippen LogP contribution in [0.1, 0.15) is 39.3 Å². The number of thiazole rings is 1. The zero-order chi connectivity index (χ0) is 23.8. The quantitative estimate of drug-likeness (QED) is 0.540. The first kappa shape index (κ1) is 22.0. The molecule has 0 bridgehead atoms. The number of alkyl carbamates (subject to hydrolysis) is 1. The Bertz CT molecular complexity index is 1340. The molecule has 1 fully saturated rings. The zero-order valence-corrected chi connectivity index (χ0v) is 18.6. The first-order chi connectivity index (χ1) is 16.4. The lowest BCUT2D eigenvalue weighted by Gasteiger charge is -2.29. The number of carbonyl (C=O) groups excluding carboxylic acids is 4. The average molecular weight is 482 g/mol. The predicted molar refractivity (Wildman–Crippen MR) is 119 cm³/mol. The topological polar surface area (TPSA) is 118 Å². The Balaban J connectivity index is 1.17. The van der Waals surface area contributed by atoms with Gasteiger partial charge < -0.3 is 15.0 Å². The van der Waals surface area contributed by atoms with Gasteiger partial charge in [0.25, 0.3) is 5.91 Å². The number of piperidine rings is 1. The van der Waals surface area contributed by atoms with Gasteiger partial charge in [-0.15, -0.1) is 11.3 Å². The van der Waals surface area contributed by atoms with Crippen molar-refractivity contribution in [3.05, 3.63) is 63.9 Å². The Kier molecular flexibility index (Phi) is 5.70. The highest BCUT2D eigenvalue weighted by atomic mass is 32.1. The van der Waals surface area contributed by atoms with Gasteiger partial charge in [-0.25, -0.2) is 14.2 Å². The number of nitrogens with one attached hydrogen (secondary N) is 2. The van der Waals surface area contributed by atoms with Crippen molar-refractivity contribution in [1.29, 1.82) is 0 Å². The number of imide groups is 1. The molecule has 0 saturated carbocycles. The van der Waals surface area contributed by atoms with Crippen molar-refractivity contribution < 1.29 is 28.3 Å². The molecule has 3 aromatic rings. The lowest BCUT2D eigenvalue weighted by Crippen LogP contribution is -2.52. The maximum atomic E-state index is 13.3. The normalized spacial score (nSPS) is 17.6. The van der Waals surface area contributed by atoms with Crippen LogP contribution in [0.25, 0.3) is 10.2 Å². The number of hydrogen-bond acceptors (Lipinski definition) is 7. The Hall–Kier alpha value is -3.86. The Labute approximate surface area is 196 Å². The molecule has 2 aromatic carbocycles. The molecule has 34 heavy (non-hydrogen) atoms. The predicted octanol–water partition coefficient (Wildman–Crippen LogP) is 2.62. The maximum absolute atomic E-state index is 13.3. The smallest absolute Gasteiger partial charge is 0.407 e. The van der Waals surface area contributed by atoms with Gasteiger partial charge in [-0.1, -0.05) is 12.1 Å². The third kappa shape index (κ3) is 4.34. The second kappa shape index (κ2) is 8.82. The number of hydrogen-bond donors (Lipinski definition) is 2. The molecule has 0 radical (unpaired) electrons. The van der Waals surface area contributed by atoms with E-state index in [1.807, 2.05) is 0 Å². The number of nitrogens with zero attached hydrogens (tertiary/aromatic N) is 2. The van der Waals surface area contributed by atoms with Crippen LogP contribution in [0.5, 0.6) is 0 Å². The van der Waals surface area contributed by atoms with E-state index < -0.39 is 18.0 Å². The van der Waals surface area contributed by atoms with Crippen LogP contribution in [-0.2, 0) is 34.0 Å². The van der Waals surface area contributed by atoms with Crippen molar-refractivity contribution in [3.63, 3.8) is 0 Å². The molecule has 4 amide bonds. The highest BCUT2D eigenvalue weighted by Crippen LogP contribution is 2.28. The van der Waals surface area contributed by atoms with Crippen molar-refractivity contribution in [2.45, 2.75) is 38.6 Å². The van der Waals surface area contributed by atoms with Crippen LogP contribution in [-0.4, -0.2) is 39.7 Å². The first-order valence-electron chi connectivity index (χ1n) is 10.6. The molecule has 0 aliphatic carbocycles. The van der Waals surface area contributed by atoms with Crippen LogP contribution in [0.2, 0.25) is 0 Å². The van der Waals surface area contributed by atoms with E-state index in [-0.39, 0.29) is 37.2 Å². The van der Waals surface area contributed by atoms with E-state index in [1.54, 1.807) is 24.3 Å². The maximum Gasteiger partial charge on any atom is 0.407 e. The molecule has 1 saturated heterocycles. The van der Waals surface area contributed by atoms with E-state index in [4.69, 9.17) is 4.74 Å². The van der Waals surface area contributed by atoms with Crippen LogP contribution in [0, 0.1) is 5.82 Å². The minimum atomic E-state index is -0.673. The van der Waals surface area contributed by atoms with Crippen LogP contribution in [0.15, 0.2) is 36.4 Å². The van der Waals surface area contributed by atoms with Gasteiger partial charge in [0.2, 0.25) is 11.8 Å². The average Bonchev–Trinajstić information content (AvgIpc) is 3.36. The summed E-state index contributed by atoms with van der Waals surface area (Å²) in [4.78, 5) is 54.3. The molecule has 2 N–H and O–H groups in total. The van der Waals surface area contributed by atoms with Gasteiger partial charge in [-0.3, -0.25) is 19.7 Å². The second-order valence-electron chi connectivity index (χ2n) is 8.04. The third-order valence-electron chi connectivity index (χ3n) is 5.75. The number of benzene rings is 2. The summed E-state index contributed by atoms with van der Waals surface area (Å²) in [6.45, 7) is 0.390. The van der Waals surface area contributed by atoms with Gasteiger partial charge in [0.1, 0.15) is 23.5 Å². The lowest BCUT2D eigenvalue weighted by atomic mass is 10.0. The summed E-state index contributed by atoms with van der Waals surface area (Å²) in [5.41, 5.74) is 2.59. The standard InChI is InChI=1S/C23H19FN4O5S/c24-14-3-4-16-18(8-14)34-20(26-16)11-33-23(32)25-9-12-1-2-13-10-28(22(31)15(13)7-12)17-5-6-19(29)27-21(17)30/h1-4,7-8,17H,5-6,9-11H2,(H,25,32)(H,27,29,30). The molecular formula is C23H19FN4O5S. The van der Waals surface area contributed by atoms with Gasteiger partial charge in [0.05, 0.1) is 10.2 Å². The van der Waals surface area contributed by atoms with Gasteiger partial charge in [0, 0.05) is 25.1 Å². The summed E-state index contributed by atoms with van der Waals surface area (Å²) in [6, 6.07) is 8.88. The molecule has 2 aliphatic heterocycles. The largest absolute Gasteiger partial charge is 0.442 e. The zero-order valence-electron chi connectivity index (χ0n) is 17.8. The van der Waals surface area contributed by atoms with E-state index in [2.05, 4.69) is 15.6 Å². The fraction of sp³-hybridized carbons (Fsp3) is 0.261. The van der Waals surface area contributed by atoms with E-state index in [1.165, 1.54) is 28.4 Å². The summed E-state index contributed by atoms with van der Waals surface area (Å²) in [5, 5.41) is 5.46. The highest BCUT2D eigenvalue weighted by molar-refractivity contribution is 7.18. The summed E-state index contributed by atoms with van der Waals surface area (Å²) in [7, 11) is 0. The number of halogens is 1. The minimum Gasteiger partial charge on any atom is -0.442 e. The minimum absolute atomic E-state index is 0.0452. The SMILES string of the molecule is O=C1CCC(N2Cc3ccc(CNC(=O)OCc4nc5ccc(F)cc5s4)cc3C2=O)C(=O)N1. The molecule has 9 nitrogen and oxygen atoms in total. The number of rotatable bonds is 5. The monoisotopic (exact) mass is 482 g/mol. The molecule has 2 aliphatic rings. The van der Waals surface area contributed by atoms with E-state index in [9.17, 15) is 23.6 Å². The number of aromatic nitrogens is 1. The Morgan fingerprint density at radius 1 is 1.24 bits per heavy atom. The first-order valence-corrected chi connectivity index (χ1v) is 11.4. The van der Waals surface area contributed by atoms with Crippen LogP contribution >= 0.6 is 11.3 Å². The number of amides is 4. The molecule has 5 rings (SSSR count). The van der Waals surface area contributed by atoms with Gasteiger partial charge in [-0.2, -0.15) is 0 Å². The molecular weight excluding hydrogens is 463 g/mol. The van der Waals surface area contributed by atoms with Crippen molar-refractivity contribution in [2.75, 3.05) is 0 Å². The van der Waals surface area contributed by atoms with E-state index >= 15 is 0 Å². The fourth-order valence-corrected chi connectivity index (χ4v) is 4.98. The summed E-state index contributed by atoms with van der Waals surface area (Å²) in [6.07, 6.45) is -0.155. The van der Waals surface area contributed by atoms with Crippen LogP contribution in [0.4, 0.5) is 9.18 Å². The molecule has 1 unspecified atom stereocenters. The second-order valence-corrected chi connectivity index (χ2v) is 9.16. The van der Waals surface area contributed by atoms with E-state index in [0.29, 0.717) is 39.3 Å². The highest BCUT2D eigenvalue weighted by Gasteiger charge is 2.39. The van der Waals surface area contributed by atoms with Gasteiger partial charge in [-0.05, 0) is 41.8 Å². The fourth-order valence-electron chi connectivity index (χ4n) is 4.07. The molecule has 0 spiro atoms. The van der Waals surface area contributed by atoms with E-state index in [0.717, 1.165) is 5.56 Å². The van der Waals surface area contributed by atoms with Crippen molar-refractivity contribution in [3.8, 4) is 0 Å². The number of ether oxygens (including phenoxy) is 1. The summed E-state index contributed by atoms with van der Waals surface area (Å²) < 4.78 is 19.2. The Morgan fingerprint density at radius 3 is 2.91 bits per heavy atom. The molecule has 11 heteroatoms. The molecule has 1 aromatic heterocycles. The van der Waals surface area contributed by atoms with Crippen LogP contribution in [0.3, 0.4) is 0 Å². The lowest BCUT2D eigenvalue weighted by molar-refractivity contribution is -0.136. The van der Waals surface area contributed by atoms with Crippen molar-refractivity contribution >= 4 is 45.4 Å². The Morgan fingerprint density at radius 2 is 2.09 bits per heavy atom. The molecule has 3 heterocycles.